The van der Waals surface area contributed by atoms with Crippen molar-refractivity contribution in [3.05, 3.63) is 35.4 Å². The molecule has 1 heterocycles. The van der Waals surface area contributed by atoms with Crippen molar-refractivity contribution in [1.82, 2.24) is 15.5 Å². The summed E-state index contributed by atoms with van der Waals surface area (Å²) in [7, 11) is 3.52. The third-order valence-corrected chi connectivity index (χ3v) is 4.68. The van der Waals surface area contributed by atoms with E-state index in [1.165, 1.54) is 49.9 Å². The summed E-state index contributed by atoms with van der Waals surface area (Å²) >= 11 is 0. The molecule has 0 radical (unpaired) electrons. The van der Waals surface area contributed by atoms with Gasteiger partial charge in [0.1, 0.15) is 0 Å². The van der Waals surface area contributed by atoms with E-state index in [0.29, 0.717) is 6.61 Å². The highest BCUT2D eigenvalue weighted by Gasteiger charge is 2.12. The van der Waals surface area contributed by atoms with E-state index < -0.39 is 0 Å². The van der Waals surface area contributed by atoms with E-state index in [1.807, 2.05) is 0 Å². The third-order valence-electron chi connectivity index (χ3n) is 4.68. The van der Waals surface area contributed by atoms with Gasteiger partial charge in [0, 0.05) is 33.3 Å². The van der Waals surface area contributed by atoms with E-state index in [4.69, 9.17) is 4.74 Å². The van der Waals surface area contributed by atoms with E-state index in [0.717, 1.165) is 19.0 Å². The van der Waals surface area contributed by atoms with E-state index >= 15 is 0 Å². The molecule has 0 saturated carbocycles. The maximum Gasteiger partial charge on any atom is 0.191 e. The van der Waals surface area contributed by atoms with Crippen LogP contribution in [-0.4, -0.2) is 50.8 Å². The molecule has 1 aromatic rings. The van der Waals surface area contributed by atoms with Crippen molar-refractivity contribution in [2.24, 2.45) is 4.99 Å². The molecule has 1 aliphatic heterocycles. The quantitative estimate of drug-likeness (QED) is 0.589. The topological polar surface area (TPSA) is 48.9 Å². The average molecular weight is 347 g/mol. The second kappa shape index (κ2) is 11.1. The fourth-order valence-electron chi connectivity index (χ4n) is 3.32. The lowest BCUT2D eigenvalue weighted by Crippen LogP contribution is -2.43. The van der Waals surface area contributed by atoms with Crippen LogP contribution < -0.4 is 10.6 Å². The van der Waals surface area contributed by atoms with Crippen LogP contribution in [0, 0.1) is 0 Å². The van der Waals surface area contributed by atoms with Gasteiger partial charge in [-0.3, -0.25) is 9.89 Å². The first-order valence-corrected chi connectivity index (χ1v) is 9.48. The predicted octanol–water partition coefficient (Wildman–Crippen LogP) is 2.76. The van der Waals surface area contributed by atoms with Crippen molar-refractivity contribution in [1.29, 1.82) is 0 Å². The van der Waals surface area contributed by atoms with Crippen LogP contribution in [-0.2, 0) is 17.8 Å². The third kappa shape index (κ3) is 7.04. The number of aliphatic imine (C=N–C) groups is 1. The summed E-state index contributed by atoms with van der Waals surface area (Å²) in [5.74, 6) is 0.814. The van der Waals surface area contributed by atoms with Gasteiger partial charge in [-0.25, -0.2) is 0 Å². The number of likely N-dealkylation sites (tertiary alicyclic amines) is 1. The van der Waals surface area contributed by atoms with Gasteiger partial charge in [-0.2, -0.15) is 0 Å². The second-order valence-corrected chi connectivity index (χ2v) is 6.89. The molecule has 5 heteroatoms. The molecule has 1 atom stereocenters. The molecule has 0 bridgehead atoms. The van der Waals surface area contributed by atoms with E-state index in [2.05, 4.69) is 51.7 Å². The molecule has 1 saturated heterocycles. The second-order valence-electron chi connectivity index (χ2n) is 6.89. The van der Waals surface area contributed by atoms with Crippen molar-refractivity contribution >= 4 is 5.96 Å². The monoisotopic (exact) mass is 346 g/mol. The Morgan fingerprint density at radius 1 is 1.16 bits per heavy atom. The maximum absolute atomic E-state index is 5.17. The number of hydrogen-bond donors (Lipinski definition) is 2. The SMILES string of the molecule is CN=C(NCc1ccccc1CN1CCCCCC1)NC(C)COC. The Labute approximate surface area is 152 Å². The van der Waals surface area contributed by atoms with Gasteiger partial charge in [-0.15, -0.1) is 0 Å². The minimum Gasteiger partial charge on any atom is -0.383 e. The van der Waals surface area contributed by atoms with Crippen LogP contribution in [0.15, 0.2) is 29.3 Å². The van der Waals surface area contributed by atoms with Gasteiger partial charge in [0.15, 0.2) is 5.96 Å². The summed E-state index contributed by atoms with van der Waals surface area (Å²) < 4.78 is 5.17. The Hall–Kier alpha value is -1.59. The van der Waals surface area contributed by atoms with Gasteiger partial charge in [0.25, 0.3) is 0 Å². The number of nitrogens with one attached hydrogen (secondary N) is 2. The van der Waals surface area contributed by atoms with Crippen LogP contribution in [0.2, 0.25) is 0 Å². The molecular weight excluding hydrogens is 312 g/mol. The zero-order valence-corrected chi connectivity index (χ0v) is 16.1. The Morgan fingerprint density at radius 3 is 2.48 bits per heavy atom. The Morgan fingerprint density at radius 2 is 1.84 bits per heavy atom. The fraction of sp³-hybridized carbons (Fsp3) is 0.650. The van der Waals surface area contributed by atoms with Crippen LogP contribution in [0.5, 0.6) is 0 Å². The number of benzene rings is 1. The van der Waals surface area contributed by atoms with Gasteiger partial charge in [0.2, 0.25) is 0 Å². The van der Waals surface area contributed by atoms with Gasteiger partial charge in [0.05, 0.1) is 6.61 Å². The Kier molecular flexibility index (Phi) is 8.77. The molecule has 0 aliphatic carbocycles. The number of methoxy groups -OCH3 is 1. The highest BCUT2D eigenvalue weighted by Crippen LogP contribution is 2.16. The van der Waals surface area contributed by atoms with Crippen LogP contribution >= 0.6 is 0 Å². The predicted molar refractivity (Wildman–Crippen MR) is 105 cm³/mol. The molecule has 5 nitrogen and oxygen atoms in total. The van der Waals surface area contributed by atoms with E-state index in [1.54, 1.807) is 14.2 Å². The van der Waals surface area contributed by atoms with Crippen molar-refractivity contribution in [3.63, 3.8) is 0 Å². The fourth-order valence-corrected chi connectivity index (χ4v) is 3.32. The van der Waals surface area contributed by atoms with E-state index in [-0.39, 0.29) is 6.04 Å². The van der Waals surface area contributed by atoms with Gasteiger partial charge >= 0.3 is 0 Å². The van der Waals surface area contributed by atoms with Crippen molar-refractivity contribution in [2.75, 3.05) is 33.9 Å². The summed E-state index contributed by atoms with van der Waals surface area (Å²) in [4.78, 5) is 6.91. The molecule has 140 valence electrons. The number of hydrogen-bond acceptors (Lipinski definition) is 3. The molecule has 2 N–H and O–H groups in total. The van der Waals surface area contributed by atoms with Gasteiger partial charge < -0.3 is 15.4 Å². The minimum atomic E-state index is 0.226. The first-order chi connectivity index (χ1) is 12.2. The molecule has 1 fully saturated rings. The van der Waals surface area contributed by atoms with Crippen molar-refractivity contribution in [2.45, 2.75) is 51.7 Å². The van der Waals surface area contributed by atoms with Crippen LogP contribution in [0.4, 0.5) is 0 Å². The van der Waals surface area contributed by atoms with E-state index in [9.17, 15) is 0 Å². The summed E-state index contributed by atoms with van der Waals surface area (Å²) in [5, 5.41) is 6.78. The molecule has 1 aliphatic rings. The van der Waals surface area contributed by atoms with Crippen LogP contribution in [0.3, 0.4) is 0 Å². The molecule has 1 unspecified atom stereocenters. The average Bonchev–Trinajstić information content (AvgIpc) is 2.88. The van der Waals surface area contributed by atoms with Gasteiger partial charge in [-0.05, 0) is 44.0 Å². The zero-order valence-electron chi connectivity index (χ0n) is 16.1. The smallest absolute Gasteiger partial charge is 0.191 e. The maximum atomic E-state index is 5.17. The lowest BCUT2D eigenvalue weighted by atomic mass is 10.1. The summed E-state index contributed by atoms with van der Waals surface area (Å²) in [6, 6.07) is 8.96. The summed E-state index contributed by atoms with van der Waals surface area (Å²) in [6.45, 7) is 7.02. The molecule has 0 spiro atoms. The highest BCUT2D eigenvalue weighted by molar-refractivity contribution is 5.79. The summed E-state index contributed by atoms with van der Waals surface area (Å²) in [6.07, 6.45) is 5.41. The zero-order chi connectivity index (χ0) is 17.9. The number of rotatable bonds is 7. The van der Waals surface area contributed by atoms with Gasteiger partial charge in [-0.1, -0.05) is 37.1 Å². The molecule has 2 rings (SSSR count). The number of nitrogens with zero attached hydrogens (tertiary/aromatic N) is 2. The number of guanidine groups is 1. The number of ether oxygens (including phenoxy) is 1. The lowest BCUT2D eigenvalue weighted by molar-refractivity contribution is 0.179. The molecule has 25 heavy (non-hydrogen) atoms. The molecule has 0 aromatic heterocycles. The molecule has 0 amide bonds. The van der Waals surface area contributed by atoms with Crippen LogP contribution in [0.1, 0.15) is 43.7 Å². The summed E-state index contributed by atoms with van der Waals surface area (Å²) in [5.41, 5.74) is 2.76. The molecule has 1 aromatic carbocycles. The Balaban J connectivity index is 1.92. The standard InChI is InChI=1S/C20H34N4O/c1-17(16-25-3)23-20(21-2)22-14-18-10-6-7-11-19(18)15-24-12-8-4-5-9-13-24/h6-7,10-11,17H,4-5,8-9,12-16H2,1-3H3,(H2,21,22,23). The first-order valence-electron chi connectivity index (χ1n) is 9.48. The Bertz CT molecular complexity index is 524. The van der Waals surface area contributed by atoms with Crippen molar-refractivity contribution < 1.29 is 4.74 Å². The minimum absolute atomic E-state index is 0.226. The van der Waals surface area contributed by atoms with Crippen LogP contribution in [0.25, 0.3) is 0 Å². The normalized spacial score (nSPS) is 17.8. The van der Waals surface area contributed by atoms with Crippen molar-refractivity contribution in [3.8, 4) is 0 Å². The lowest BCUT2D eigenvalue weighted by Gasteiger charge is -2.22. The molecular formula is C20H34N4O. The highest BCUT2D eigenvalue weighted by atomic mass is 16.5. The largest absolute Gasteiger partial charge is 0.383 e. The first kappa shape index (κ1) is 19.7.